The van der Waals surface area contributed by atoms with Crippen molar-refractivity contribution in [2.75, 3.05) is 18.4 Å². The Morgan fingerprint density at radius 1 is 0.795 bits per heavy atom. The number of carbonyl (C=O) groups excluding carboxylic acids is 2. The van der Waals surface area contributed by atoms with Crippen LogP contribution in [0, 0.1) is 0 Å². The predicted molar refractivity (Wildman–Crippen MR) is 175 cm³/mol. The molecule has 1 unspecified atom stereocenters. The third-order valence-electron chi connectivity index (χ3n) is 5.85. The van der Waals surface area contributed by atoms with Gasteiger partial charge in [-0.15, -0.1) is 0 Å². The fraction of sp³-hybridized carbons (Fsp3) is 0.235. The molecule has 0 spiro atoms. The SMILES string of the molecule is CC(=O)Nc1ccc(C=O)cc1.NCCCC(N)C(=O)O.NCCc1ccccc1.O=C(O)Cc1ccc2ccccc2c1. The zero-order chi connectivity index (χ0) is 32.7. The lowest BCUT2D eigenvalue weighted by Crippen LogP contribution is -2.30. The molecule has 4 aromatic carbocycles. The highest BCUT2D eigenvalue weighted by Crippen LogP contribution is 2.15. The van der Waals surface area contributed by atoms with Crippen molar-refractivity contribution in [1.29, 1.82) is 0 Å². The average Bonchev–Trinajstić information content (AvgIpc) is 3.01. The Morgan fingerprint density at radius 3 is 1.93 bits per heavy atom. The van der Waals surface area contributed by atoms with E-state index in [2.05, 4.69) is 17.4 Å². The highest BCUT2D eigenvalue weighted by atomic mass is 16.4. The Labute approximate surface area is 257 Å². The number of carboxylic acids is 2. The minimum Gasteiger partial charge on any atom is -0.481 e. The molecule has 9 N–H and O–H groups in total. The summed E-state index contributed by atoms with van der Waals surface area (Å²) in [5.74, 6) is -1.86. The van der Waals surface area contributed by atoms with Gasteiger partial charge in [0.15, 0.2) is 0 Å². The van der Waals surface area contributed by atoms with Gasteiger partial charge in [-0.05, 0) is 78.5 Å². The van der Waals surface area contributed by atoms with E-state index in [0.29, 0.717) is 30.6 Å². The lowest BCUT2D eigenvalue weighted by molar-refractivity contribution is -0.139. The van der Waals surface area contributed by atoms with E-state index >= 15 is 0 Å². The number of hydrogen-bond donors (Lipinski definition) is 6. The van der Waals surface area contributed by atoms with Crippen LogP contribution in [0.1, 0.15) is 41.3 Å². The van der Waals surface area contributed by atoms with Crippen LogP contribution in [0.3, 0.4) is 0 Å². The molecule has 0 aliphatic rings. The summed E-state index contributed by atoms with van der Waals surface area (Å²) in [6.45, 7) is 2.68. The van der Waals surface area contributed by atoms with Crippen molar-refractivity contribution in [3.05, 3.63) is 114 Å². The minimum atomic E-state index is -0.955. The second-order valence-corrected chi connectivity index (χ2v) is 9.57. The third kappa shape index (κ3) is 16.5. The summed E-state index contributed by atoms with van der Waals surface area (Å²) in [7, 11) is 0. The molecule has 44 heavy (non-hydrogen) atoms. The van der Waals surface area contributed by atoms with Gasteiger partial charge in [-0.1, -0.05) is 72.8 Å². The summed E-state index contributed by atoms with van der Waals surface area (Å²) in [5.41, 5.74) is 19.1. The van der Waals surface area contributed by atoms with E-state index < -0.39 is 18.0 Å². The molecule has 0 heterocycles. The molecule has 0 saturated carbocycles. The van der Waals surface area contributed by atoms with Gasteiger partial charge >= 0.3 is 11.9 Å². The zero-order valence-electron chi connectivity index (χ0n) is 24.9. The number of carboxylic acid groups (broad SMARTS) is 2. The van der Waals surface area contributed by atoms with Gasteiger partial charge in [0.25, 0.3) is 0 Å². The maximum atomic E-state index is 10.6. The number of fused-ring (bicyclic) bond motifs is 1. The van der Waals surface area contributed by atoms with E-state index in [-0.39, 0.29) is 12.3 Å². The third-order valence-corrected chi connectivity index (χ3v) is 5.85. The van der Waals surface area contributed by atoms with E-state index in [9.17, 15) is 19.2 Å². The van der Waals surface area contributed by atoms with Crippen LogP contribution in [0.2, 0.25) is 0 Å². The summed E-state index contributed by atoms with van der Waals surface area (Å²) >= 11 is 0. The number of amides is 1. The van der Waals surface area contributed by atoms with Crippen molar-refractivity contribution in [3.63, 3.8) is 0 Å². The molecule has 0 bridgehead atoms. The van der Waals surface area contributed by atoms with Crippen LogP contribution in [0.5, 0.6) is 0 Å². The smallest absolute Gasteiger partial charge is 0.320 e. The number of nitrogens with one attached hydrogen (secondary N) is 1. The molecule has 0 fully saturated rings. The van der Waals surface area contributed by atoms with Crippen LogP contribution in [0.15, 0.2) is 97.1 Å². The minimum absolute atomic E-state index is 0.0881. The molecule has 0 saturated heterocycles. The molecule has 10 nitrogen and oxygen atoms in total. The molecule has 0 aromatic heterocycles. The first-order valence-corrected chi connectivity index (χ1v) is 14.0. The summed E-state index contributed by atoms with van der Waals surface area (Å²) in [4.78, 5) is 41.4. The number of aldehydes is 1. The molecule has 0 aliphatic heterocycles. The Bertz CT molecular complexity index is 1430. The van der Waals surface area contributed by atoms with Gasteiger partial charge < -0.3 is 32.7 Å². The molecule has 0 aliphatic carbocycles. The second-order valence-electron chi connectivity index (χ2n) is 9.57. The Hall–Kier alpha value is -4.90. The quantitative estimate of drug-likeness (QED) is 0.144. The summed E-state index contributed by atoms with van der Waals surface area (Å²) < 4.78 is 0. The maximum Gasteiger partial charge on any atom is 0.320 e. The van der Waals surface area contributed by atoms with Crippen LogP contribution in [-0.2, 0) is 27.2 Å². The Kier molecular flexibility index (Phi) is 18.4. The summed E-state index contributed by atoms with van der Waals surface area (Å²) in [6.07, 6.45) is 2.97. The van der Waals surface area contributed by atoms with Crippen molar-refractivity contribution in [1.82, 2.24) is 0 Å². The standard InChI is InChI=1S/C12H10O2.C9H9NO2.C8H11N.C5H12N2O2/c13-12(14)8-9-5-6-10-3-1-2-4-11(10)7-9;1-7(12)10-9-4-2-8(6-11)3-5-9;9-7-6-8-4-2-1-3-5-8;6-3-1-2-4(7)5(8)9/h1-7H,8H2,(H,13,14);2-6H,1H3,(H,10,12);1-5H,6-7,9H2;4H,1-3,6-7H2,(H,8,9). The lowest BCUT2D eigenvalue weighted by atomic mass is 10.1. The van der Waals surface area contributed by atoms with Crippen molar-refractivity contribution < 1.29 is 29.4 Å². The van der Waals surface area contributed by atoms with E-state index in [4.69, 9.17) is 27.4 Å². The highest BCUT2D eigenvalue weighted by molar-refractivity contribution is 5.89. The van der Waals surface area contributed by atoms with E-state index in [1.165, 1.54) is 12.5 Å². The van der Waals surface area contributed by atoms with E-state index in [0.717, 1.165) is 35.6 Å². The number of carbonyl (C=O) groups is 4. The fourth-order valence-corrected chi connectivity index (χ4v) is 3.64. The monoisotopic (exact) mass is 602 g/mol. The van der Waals surface area contributed by atoms with Gasteiger partial charge in [-0.2, -0.15) is 0 Å². The van der Waals surface area contributed by atoms with E-state index in [1.54, 1.807) is 24.3 Å². The van der Waals surface area contributed by atoms with Crippen molar-refractivity contribution >= 4 is 40.6 Å². The number of benzene rings is 4. The molecule has 4 rings (SSSR count). The predicted octanol–water partition coefficient (Wildman–Crippen LogP) is 4.25. The first-order valence-electron chi connectivity index (χ1n) is 14.0. The maximum absolute atomic E-state index is 10.6. The lowest BCUT2D eigenvalue weighted by Gasteiger charge is -2.02. The highest BCUT2D eigenvalue weighted by Gasteiger charge is 2.08. The molecule has 10 heteroatoms. The average molecular weight is 603 g/mol. The van der Waals surface area contributed by atoms with Gasteiger partial charge in [-0.3, -0.25) is 19.2 Å². The normalized spacial score (nSPS) is 10.4. The van der Waals surface area contributed by atoms with Gasteiger partial charge in [-0.25, -0.2) is 0 Å². The Balaban J connectivity index is 0.000000299. The molecule has 0 radical (unpaired) electrons. The fourth-order valence-electron chi connectivity index (χ4n) is 3.64. The molecular weight excluding hydrogens is 560 g/mol. The summed E-state index contributed by atoms with van der Waals surface area (Å²) in [5, 5.41) is 21.7. The number of rotatable bonds is 10. The first kappa shape index (κ1) is 37.1. The number of nitrogens with two attached hydrogens (primary N) is 3. The van der Waals surface area contributed by atoms with Crippen LogP contribution in [0.25, 0.3) is 10.8 Å². The second kappa shape index (κ2) is 21.8. The first-order chi connectivity index (χ1) is 21.1. The Morgan fingerprint density at radius 2 is 1.41 bits per heavy atom. The van der Waals surface area contributed by atoms with Crippen molar-refractivity contribution in [2.45, 2.75) is 38.6 Å². The van der Waals surface area contributed by atoms with Gasteiger partial charge in [0, 0.05) is 18.2 Å². The molecule has 4 aromatic rings. The van der Waals surface area contributed by atoms with Crippen molar-refractivity contribution in [2.24, 2.45) is 17.2 Å². The van der Waals surface area contributed by atoms with Gasteiger partial charge in [0.2, 0.25) is 5.91 Å². The van der Waals surface area contributed by atoms with Gasteiger partial charge in [0.1, 0.15) is 12.3 Å². The van der Waals surface area contributed by atoms with E-state index in [1.807, 2.05) is 60.7 Å². The largest absolute Gasteiger partial charge is 0.481 e. The zero-order valence-corrected chi connectivity index (χ0v) is 24.9. The van der Waals surface area contributed by atoms with Crippen LogP contribution < -0.4 is 22.5 Å². The van der Waals surface area contributed by atoms with Crippen LogP contribution >= 0.6 is 0 Å². The molecule has 234 valence electrons. The number of aliphatic carboxylic acids is 2. The number of hydrogen-bond acceptors (Lipinski definition) is 7. The van der Waals surface area contributed by atoms with Gasteiger partial charge in [0.05, 0.1) is 6.42 Å². The van der Waals surface area contributed by atoms with Crippen molar-refractivity contribution in [3.8, 4) is 0 Å². The van der Waals surface area contributed by atoms with Crippen LogP contribution in [0.4, 0.5) is 5.69 Å². The molecule has 1 amide bonds. The summed E-state index contributed by atoms with van der Waals surface area (Å²) in [6, 6.07) is 29.8. The topological polar surface area (TPSA) is 199 Å². The number of anilines is 1. The molecule has 1 atom stereocenters. The van der Waals surface area contributed by atoms with Crippen LogP contribution in [-0.4, -0.2) is 53.5 Å². The molecular formula is C34H42N4O6.